The van der Waals surface area contributed by atoms with Gasteiger partial charge < -0.3 is 5.32 Å². The van der Waals surface area contributed by atoms with Gasteiger partial charge in [-0.15, -0.1) is 0 Å². The first-order valence-electron chi connectivity index (χ1n) is 5.98. The lowest BCUT2D eigenvalue weighted by molar-refractivity contribution is -0.123. The van der Waals surface area contributed by atoms with E-state index >= 15 is 0 Å². The van der Waals surface area contributed by atoms with Crippen molar-refractivity contribution in [1.82, 2.24) is 10.6 Å². The molecule has 0 aromatic rings. The van der Waals surface area contributed by atoms with E-state index in [-0.39, 0.29) is 11.4 Å². The van der Waals surface area contributed by atoms with Gasteiger partial charge in [0.1, 0.15) is 5.54 Å². The predicted molar refractivity (Wildman–Crippen MR) is 64.2 cm³/mol. The fourth-order valence-electron chi connectivity index (χ4n) is 2.00. The van der Waals surface area contributed by atoms with E-state index in [2.05, 4.69) is 36.4 Å². The molecule has 1 fully saturated rings. The molecular formula is C12H21N3O. The Balaban J connectivity index is 2.06. The summed E-state index contributed by atoms with van der Waals surface area (Å²) in [5.41, 5.74) is -0.619. The molecule has 4 heteroatoms. The molecule has 0 aromatic carbocycles. The van der Waals surface area contributed by atoms with Gasteiger partial charge >= 0.3 is 0 Å². The lowest BCUT2D eigenvalue weighted by Gasteiger charge is -2.21. The van der Waals surface area contributed by atoms with Gasteiger partial charge in [0.25, 0.3) is 5.91 Å². The van der Waals surface area contributed by atoms with Gasteiger partial charge in [0, 0.05) is 5.54 Å². The van der Waals surface area contributed by atoms with Gasteiger partial charge in [-0.25, -0.2) is 4.99 Å². The van der Waals surface area contributed by atoms with Crippen molar-refractivity contribution in [2.45, 2.75) is 58.0 Å². The normalized spacial score (nSPS) is 30.0. The van der Waals surface area contributed by atoms with Crippen LogP contribution in [0.25, 0.3) is 0 Å². The third-order valence-corrected chi connectivity index (χ3v) is 2.96. The van der Waals surface area contributed by atoms with Crippen molar-refractivity contribution in [3.8, 4) is 0 Å². The predicted octanol–water partition coefficient (Wildman–Crippen LogP) is 1.42. The first kappa shape index (κ1) is 11.4. The highest BCUT2D eigenvalue weighted by Gasteiger charge is 2.43. The Morgan fingerprint density at radius 3 is 2.62 bits per heavy atom. The summed E-state index contributed by atoms with van der Waals surface area (Å²) in [5.74, 6) is 1.36. The first-order valence-corrected chi connectivity index (χ1v) is 5.98. The number of amides is 1. The van der Waals surface area contributed by atoms with Crippen molar-refractivity contribution in [3.05, 3.63) is 0 Å². The fourth-order valence-corrected chi connectivity index (χ4v) is 2.00. The van der Waals surface area contributed by atoms with Gasteiger partial charge in [-0.1, -0.05) is 12.8 Å². The molecule has 4 nitrogen and oxygen atoms in total. The molecular weight excluding hydrogens is 202 g/mol. The van der Waals surface area contributed by atoms with Crippen molar-refractivity contribution < 1.29 is 4.79 Å². The minimum atomic E-state index is -0.547. The van der Waals surface area contributed by atoms with Gasteiger partial charge in [-0.05, 0) is 40.0 Å². The number of carbonyl (C=O) groups is 1. The van der Waals surface area contributed by atoms with Crippen LogP contribution in [0.3, 0.4) is 0 Å². The van der Waals surface area contributed by atoms with E-state index in [9.17, 15) is 4.79 Å². The highest BCUT2D eigenvalue weighted by atomic mass is 16.2. The number of nitrogens with one attached hydrogen (secondary N) is 2. The number of hydrogen-bond acceptors (Lipinski definition) is 3. The van der Waals surface area contributed by atoms with Crippen molar-refractivity contribution in [1.29, 1.82) is 0 Å². The molecule has 1 heterocycles. The molecule has 16 heavy (non-hydrogen) atoms. The van der Waals surface area contributed by atoms with Gasteiger partial charge in [0.15, 0.2) is 5.96 Å². The summed E-state index contributed by atoms with van der Waals surface area (Å²) >= 11 is 0. The van der Waals surface area contributed by atoms with Crippen LogP contribution in [-0.4, -0.2) is 22.9 Å². The molecule has 2 aliphatic rings. The Hall–Kier alpha value is -1.06. The van der Waals surface area contributed by atoms with Crippen molar-refractivity contribution in [2.24, 2.45) is 10.9 Å². The molecule has 0 aromatic heterocycles. The Labute approximate surface area is 96.9 Å². The van der Waals surface area contributed by atoms with E-state index in [1.165, 1.54) is 12.8 Å². The Morgan fingerprint density at radius 1 is 1.50 bits per heavy atom. The lowest BCUT2D eigenvalue weighted by Crippen LogP contribution is -2.47. The van der Waals surface area contributed by atoms with Crippen LogP contribution in [-0.2, 0) is 4.79 Å². The Kier molecular flexibility index (Phi) is 2.48. The second kappa shape index (κ2) is 3.47. The molecule has 2 rings (SSSR count). The van der Waals surface area contributed by atoms with Crippen molar-refractivity contribution in [2.75, 3.05) is 0 Å². The summed E-state index contributed by atoms with van der Waals surface area (Å²) < 4.78 is 0. The van der Waals surface area contributed by atoms with Crippen LogP contribution in [0, 0.1) is 5.92 Å². The largest absolute Gasteiger partial charge is 0.351 e. The number of carbonyl (C=O) groups excluding carboxylic acids is 1. The van der Waals surface area contributed by atoms with Gasteiger partial charge in [0.05, 0.1) is 0 Å². The third-order valence-electron chi connectivity index (χ3n) is 2.96. The van der Waals surface area contributed by atoms with Crippen LogP contribution >= 0.6 is 0 Å². The molecule has 2 N–H and O–H groups in total. The van der Waals surface area contributed by atoms with E-state index in [0.29, 0.717) is 11.9 Å². The van der Waals surface area contributed by atoms with Crippen LogP contribution in [0.4, 0.5) is 0 Å². The Bertz CT molecular complexity index is 339. The summed E-state index contributed by atoms with van der Waals surface area (Å²) in [6.45, 7) is 8.09. The second-order valence-corrected chi connectivity index (χ2v) is 6.21. The lowest BCUT2D eigenvalue weighted by atomic mass is 9.96. The second-order valence-electron chi connectivity index (χ2n) is 6.21. The number of guanidine groups is 1. The van der Waals surface area contributed by atoms with E-state index in [1.807, 2.05) is 6.92 Å². The average Bonchev–Trinajstić information content (AvgIpc) is 2.79. The summed E-state index contributed by atoms with van der Waals surface area (Å²) in [4.78, 5) is 16.4. The topological polar surface area (TPSA) is 53.5 Å². The summed E-state index contributed by atoms with van der Waals surface area (Å²) in [6, 6.07) is 0. The van der Waals surface area contributed by atoms with E-state index in [4.69, 9.17) is 0 Å². The first-order chi connectivity index (χ1) is 7.28. The minimum Gasteiger partial charge on any atom is -0.351 e. The molecule has 0 bridgehead atoms. The maximum Gasteiger partial charge on any atom is 0.254 e. The number of nitrogens with zero attached hydrogens (tertiary/aromatic N) is 1. The molecule has 1 aliphatic carbocycles. The number of aliphatic imine (C=N–C) groups is 1. The third kappa shape index (κ3) is 2.54. The number of hydrogen-bond donors (Lipinski definition) is 2. The molecule has 0 radical (unpaired) electrons. The quantitative estimate of drug-likeness (QED) is 0.744. The SMILES string of the molecule is CC(C)(C)NC1=NC(C)(CC2CC2)C(=O)N1. The van der Waals surface area contributed by atoms with Gasteiger partial charge in [-0.2, -0.15) is 0 Å². The molecule has 1 atom stereocenters. The maximum atomic E-state index is 11.9. The van der Waals surface area contributed by atoms with Gasteiger partial charge in [0.2, 0.25) is 0 Å². The molecule has 1 aliphatic heterocycles. The molecule has 0 saturated heterocycles. The highest BCUT2D eigenvalue weighted by Crippen LogP contribution is 2.39. The van der Waals surface area contributed by atoms with Crippen LogP contribution in [0.15, 0.2) is 4.99 Å². The van der Waals surface area contributed by atoms with Crippen LogP contribution in [0.2, 0.25) is 0 Å². The summed E-state index contributed by atoms with van der Waals surface area (Å²) in [7, 11) is 0. The molecule has 1 amide bonds. The number of rotatable bonds is 2. The maximum absolute atomic E-state index is 11.9. The van der Waals surface area contributed by atoms with Crippen molar-refractivity contribution in [3.63, 3.8) is 0 Å². The van der Waals surface area contributed by atoms with Crippen LogP contribution < -0.4 is 10.6 Å². The molecule has 1 unspecified atom stereocenters. The van der Waals surface area contributed by atoms with Gasteiger partial charge in [-0.3, -0.25) is 10.1 Å². The fraction of sp³-hybridized carbons (Fsp3) is 0.833. The van der Waals surface area contributed by atoms with Crippen LogP contribution in [0.5, 0.6) is 0 Å². The molecule has 1 saturated carbocycles. The van der Waals surface area contributed by atoms with Crippen LogP contribution in [0.1, 0.15) is 47.0 Å². The van der Waals surface area contributed by atoms with E-state index < -0.39 is 5.54 Å². The molecule has 0 spiro atoms. The zero-order valence-electron chi connectivity index (χ0n) is 10.6. The summed E-state index contributed by atoms with van der Waals surface area (Å²) in [6.07, 6.45) is 3.38. The standard InChI is InChI=1S/C12H21N3O/c1-11(2,3)14-10-13-9(16)12(4,15-10)7-8-5-6-8/h8H,5-7H2,1-4H3,(H2,13,14,15,16). The zero-order valence-corrected chi connectivity index (χ0v) is 10.6. The summed E-state index contributed by atoms with van der Waals surface area (Å²) in [5, 5.41) is 6.05. The monoisotopic (exact) mass is 223 g/mol. The Morgan fingerprint density at radius 2 is 2.12 bits per heavy atom. The minimum absolute atomic E-state index is 0.0335. The van der Waals surface area contributed by atoms with E-state index in [0.717, 1.165) is 6.42 Å². The average molecular weight is 223 g/mol. The highest BCUT2D eigenvalue weighted by molar-refractivity contribution is 6.07. The van der Waals surface area contributed by atoms with Crippen molar-refractivity contribution >= 4 is 11.9 Å². The smallest absolute Gasteiger partial charge is 0.254 e. The van der Waals surface area contributed by atoms with E-state index in [1.54, 1.807) is 0 Å². The molecule has 90 valence electrons. The zero-order chi connectivity index (χ0) is 12.0.